The Kier molecular flexibility index (Phi) is 9.13. The number of halogens is 3. The molecule has 2 aromatic carbocycles. The summed E-state index contributed by atoms with van der Waals surface area (Å²) in [7, 11) is 1.47. The van der Waals surface area contributed by atoms with Crippen LogP contribution in [-0.2, 0) is 4.74 Å². The van der Waals surface area contributed by atoms with Crippen molar-refractivity contribution >= 4 is 52.5 Å². The number of carbonyl (C=O) groups excluding carboxylic acids is 2. The van der Waals surface area contributed by atoms with E-state index in [1.807, 2.05) is 6.07 Å². The van der Waals surface area contributed by atoms with Crippen LogP contribution in [-0.4, -0.2) is 50.3 Å². The summed E-state index contributed by atoms with van der Waals surface area (Å²) in [5.74, 6) is 0.375. The summed E-state index contributed by atoms with van der Waals surface area (Å²) >= 11 is 18.3. The summed E-state index contributed by atoms with van der Waals surface area (Å²) in [5.41, 5.74) is 12.5. The lowest BCUT2D eigenvalue weighted by Gasteiger charge is -2.37. The number of rotatable bonds is 8. The molecule has 0 spiro atoms. The number of nitrogens with zero attached hydrogens (tertiary/aromatic N) is 1. The molecule has 0 radical (unpaired) electrons. The van der Waals surface area contributed by atoms with Crippen molar-refractivity contribution < 1.29 is 19.1 Å². The number of carbonyl (C=O) groups is 2. The summed E-state index contributed by atoms with van der Waals surface area (Å²) in [6.45, 7) is 2.09. The topological polar surface area (TPSA) is 120 Å². The summed E-state index contributed by atoms with van der Waals surface area (Å²) in [6.07, 6.45) is 0.851. The minimum absolute atomic E-state index is 0.104. The number of ether oxygens (including phenoxy) is 2. The number of amides is 2. The summed E-state index contributed by atoms with van der Waals surface area (Å²) < 4.78 is 10.4. The third-order valence-electron chi connectivity index (χ3n) is 5.92. The average molecular weight is 530 g/mol. The molecule has 0 saturated carbocycles. The fourth-order valence-corrected chi connectivity index (χ4v) is 4.48. The van der Waals surface area contributed by atoms with Crippen molar-refractivity contribution in [3.63, 3.8) is 0 Å². The minimum Gasteiger partial charge on any atom is -0.496 e. The summed E-state index contributed by atoms with van der Waals surface area (Å²) in [5, 5.41) is 4.14. The SMILES string of the molecule is COc1cc(N)c(Cl)cc1C(=O)NCC1CCN(C(COC(N)=O)c2ccc(Cl)c(Cl)c2)CC1. The number of benzene rings is 2. The van der Waals surface area contributed by atoms with Gasteiger partial charge in [0, 0.05) is 12.6 Å². The molecule has 8 nitrogen and oxygen atoms in total. The molecule has 0 bridgehead atoms. The second-order valence-corrected chi connectivity index (χ2v) is 9.30. The fourth-order valence-electron chi connectivity index (χ4n) is 4.01. The lowest BCUT2D eigenvalue weighted by molar-refractivity contribution is 0.0700. The van der Waals surface area contributed by atoms with Crippen LogP contribution in [0.5, 0.6) is 5.75 Å². The number of nitrogen functional groups attached to an aromatic ring is 1. The van der Waals surface area contributed by atoms with Crippen LogP contribution in [0.1, 0.15) is 34.8 Å². The molecule has 1 atom stereocenters. The molecule has 2 amide bonds. The van der Waals surface area contributed by atoms with Gasteiger partial charge < -0.3 is 26.3 Å². The zero-order valence-corrected chi connectivity index (χ0v) is 20.9. The van der Waals surface area contributed by atoms with Crippen molar-refractivity contribution in [2.24, 2.45) is 11.7 Å². The van der Waals surface area contributed by atoms with Gasteiger partial charge in [-0.05, 0) is 55.6 Å². The quantitative estimate of drug-likeness (QED) is 0.433. The van der Waals surface area contributed by atoms with Gasteiger partial charge in [0.1, 0.15) is 12.4 Å². The first-order chi connectivity index (χ1) is 16.2. The van der Waals surface area contributed by atoms with Crippen LogP contribution in [0.4, 0.5) is 10.5 Å². The van der Waals surface area contributed by atoms with Crippen LogP contribution >= 0.6 is 34.8 Å². The van der Waals surface area contributed by atoms with Gasteiger partial charge in [0.2, 0.25) is 0 Å². The van der Waals surface area contributed by atoms with Gasteiger partial charge in [0.25, 0.3) is 5.91 Å². The van der Waals surface area contributed by atoms with Crippen molar-refractivity contribution in [2.45, 2.75) is 18.9 Å². The smallest absolute Gasteiger partial charge is 0.404 e. The van der Waals surface area contributed by atoms with E-state index in [-0.39, 0.29) is 24.5 Å². The van der Waals surface area contributed by atoms with Gasteiger partial charge in [-0.1, -0.05) is 40.9 Å². The second-order valence-electron chi connectivity index (χ2n) is 8.08. The van der Waals surface area contributed by atoms with E-state index >= 15 is 0 Å². The number of nitrogens with two attached hydrogens (primary N) is 2. The minimum atomic E-state index is -0.833. The highest BCUT2D eigenvalue weighted by molar-refractivity contribution is 6.42. The number of anilines is 1. The summed E-state index contributed by atoms with van der Waals surface area (Å²) in [4.78, 5) is 26.1. The van der Waals surface area contributed by atoms with E-state index in [9.17, 15) is 9.59 Å². The highest BCUT2D eigenvalue weighted by Gasteiger charge is 2.28. The number of piperidine rings is 1. The first-order valence-electron chi connectivity index (χ1n) is 10.7. The predicted octanol–water partition coefficient (Wildman–Crippen LogP) is 4.52. The third-order valence-corrected chi connectivity index (χ3v) is 6.98. The van der Waals surface area contributed by atoms with Gasteiger partial charge in [0.15, 0.2) is 0 Å². The Hall–Kier alpha value is -2.39. The zero-order chi connectivity index (χ0) is 24.8. The van der Waals surface area contributed by atoms with Crippen molar-refractivity contribution in [3.8, 4) is 5.75 Å². The van der Waals surface area contributed by atoms with E-state index in [4.69, 9.17) is 55.7 Å². The van der Waals surface area contributed by atoms with Gasteiger partial charge in [-0.25, -0.2) is 4.79 Å². The van der Waals surface area contributed by atoms with E-state index in [0.29, 0.717) is 38.6 Å². The molecular weight excluding hydrogens is 503 g/mol. The number of nitrogens with one attached hydrogen (secondary N) is 1. The molecule has 2 aromatic rings. The zero-order valence-electron chi connectivity index (χ0n) is 18.7. The van der Waals surface area contributed by atoms with Crippen LogP contribution in [0.2, 0.25) is 15.1 Å². The highest BCUT2D eigenvalue weighted by Crippen LogP contribution is 2.32. The van der Waals surface area contributed by atoms with E-state index < -0.39 is 6.09 Å². The fraction of sp³-hybridized carbons (Fsp3) is 0.391. The standard InChI is InChI=1S/C23H27Cl3N4O4/c1-33-21-10-19(27)18(26)9-15(21)22(31)29-11-13-4-6-30(7-5-13)20(12-34-23(28)32)14-2-3-16(24)17(25)8-14/h2-3,8-10,13,20H,4-7,11-12,27H2,1H3,(H2,28,32)(H,29,31). The number of hydrogen-bond acceptors (Lipinski definition) is 6. The van der Waals surface area contributed by atoms with E-state index in [0.717, 1.165) is 31.5 Å². The molecule has 1 aliphatic heterocycles. The van der Waals surface area contributed by atoms with Crippen LogP contribution in [0.3, 0.4) is 0 Å². The first kappa shape index (κ1) is 26.2. The van der Waals surface area contributed by atoms with Crippen molar-refractivity contribution in [2.75, 3.05) is 39.1 Å². The number of primary amides is 1. The molecule has 5 N–H and O–H groups in total. The average Bonchev–Trinajstić information content (AvgIpc) is 2.81. The van der Waals surface area contributed by atoms with Crippen LogP contribution in [0, 0.1) is 5.92 Å². The Labute approximate surface area is 213 Å². The van der Waals surface area contributed by atoms with Crippen molar-refractivity contribution in [1.82, 2.24) is 10.2 Å². The molecule has 1 heterocycles. The van der Waals surface area contributed by atoms with Crippen LogP contribution in [0.15, 0.2) is 30.3 Å². The predicted molar refractivity (Wildman–Crippen MR) is 134 cm³/mol. The van der Waals surface area contributed by atoms with Gasteiger partial charge in [0.05, 0.1) is 39.5 Å². The number of hydrogen-bond donors (Lipinski definition) is 3. The molecule has 0 aromatic heterocycles. The molecule has 0 aliphatic carbocycles. The molecule has 11 heteroatoms. The highest BCUT2D eigenvalue weighted by atomic mass is 35.5. The molecular formula is C23H27Cl3N4O4. The molecule has 3 rings (SSSR count). The Morgan fingerprint density at radius 2 is 1.82 bits per heavy atom. The van der Waals surface area contributed by atoms with Gasteiger partial charge >= 0.3 is 6.09 Å². The molecule has 1 aliphatic rings. The van der Waals surface area contributed by atoms with Gasteiger partial charge in [-0.3, -0.25) is 9.69 Å². The van der Waals surface area contributed by atoms with Gasteiger partial charge in [-0.15, -0.1) is 0 Å². The Balaban J connectivity index is 1.60. The molecule has 184 valence electrons. The summed E-state index contributed by atoms with van der Waals surface area (Å²) in [6, 6.07) is 8.19. The molecule has 1 fully saturated rings. The lowest BCUT2D eigenvalue weighted by Crippen LogP contribution is -2.42. The number of methoxy groups -OCH3 is 1. The Morgan fingerprint density at radius 3 is 2.44 bits per heavy atom. The van der Waals surface area contributed by atoms with Gasteiger partial charge in [-0.2, -0.15) is 0 Å². The van der Waals surface area contributed by atoms with E-state index in [1.165, 1.54) is 19.2 Å². The first-order valence-corrected chi connectivity index (χ1v) is 11.9. The maximum absolute atomic E-state index is 12.7. The normalized spacial score (nSPS) is 15.5. The lowest BCUT2D eigenvalue weighted by atomic mass is 9.94. The maximum Gasteiger partial charge on any atom is 0.404 e. The second kappa shape index (κ2) is 11.8. The van der Waals surface area contributed by atoms with E-state index in [1.54, 1.807) is 12.1 Å². The van der Waals surface area contributed by atoms with Crippen molar-refractivity contribution in [1.29, 1.82) is 0 Å². The molecule has 1 saturated heterocycles. The Bertz CT molecular complexity index is 1050. The largest absolute Gasteiger partial charge is 0.496 e. The van der Waals surface area contributed by atoms with Crippen LogP contribution in [0.25, 0.3) is 0 Å². The number of likely N-dealkylation sites (tertiary alicyclic amines) is 1. The maximum atomic E-state index is 12.7. The molecule has 1 unspecified atom stereocenters. The Morgan fingerprint density at radius 1 is 1.12 bits per heavy atom. The van der Waals surface area contributed by atoms with Crippen molar-refractivity contribution in [3.05, 3.63) is 56.5 Å². The van der Waals surface area contributed by atoms with E-state index in [2.05, 4.69) is 10.2 Å². The third kappa shape index (κ3) is 6.60. The van der Waals surface area contributed by atoms with Crippen LogP contribution < -0.4 is 21.5 Å². The monoisotopic (exact) mass is 528 g/mol. The molecule has 34 heavy (non-hydrogen) atoms.